The highest BCUT2D eigenvalue weighted by Gasteiger charge is 2.08. The second-order valence-corrected chi connectivity index (χ2v) is 4.74. The smallest absolute Gasteiger partial charge is 0.123 e. The minimum absolute atomic E-state index is 0.278. The van der Waals surface area contributed by atoms with Gasteiger partial charge in [0.25, 0.3) is 0 Å². The maximum Gasteiger partial charge on any atom is 0.123 e. The second-order valence-electron chi connectivity index (χ2n) is 4.74. The minimum atomic E-state index is -0.337. The van der Waals surface area contributed by atoms with Gasteiger partial charge in [-0.25, -0.2) is 4.39 Å². The average Bonchev–Trinajstić information content (AvgIpc) is 2.37. The molecule has 3 heteroatoms. The molecule has 0 fully saturated rings. The standard InChI is InChI=1S/C16H18FNO/c1-11-6-7-16(12(2)8-11)19-10-15(18)13-4-3-5-14(17)9-13/h3-9,15H,10,18H2,1-2H3. The van der Waals surface area contributed by atoms with Gasteiger partial charge in [-0.1, -0.05) is 29.8 Å². The summed E-state index contributed by atoms with van der Waals surface area (Å²) in [6, 6.07) is 12.0. The van der Waals surface area contributed by atoms with Gasteiger partial charge in [-0.3, -0.25) is 0 Å². The van der Waals surface area contributed by atoms with E-state index >= 15 is 0 Å². The van der Waals surface area contributed by atoms with Gasteiger partial charge in [0.1, 0.15) is 18.2 Å². The monoisotopic (exact) mass is 259 g/mol. The highest BCUT2D eigenvalue weighted by molar-refractivity contribution is 5.35. The molecule has 0 bridgehead atoms. The molecular weight excluding hydrogens is 241 g/mol. The van der Waals surface area contributed by atoms with Crippen LogP contribution in [0.2, 0.25) is 0 Å². The Labute approximate surface area is 113 Å². The maximum atomic E-state index is 13.1. The summed E-state index contributed by atoms with van der Waals surface area (Å²) in [4.78, 5) is 0. The molecule has 0 aromatic heterocycles. The lowest BCUT2D eigenvalue weighted by Gasteiger charge is -2.15. The van der Waals surface area contributed by atoms with Crippen LogP contribution in [0.4, 0.5) is 4.39 Å². The zero-order valence-corrected chi connectivity index (χ0v) is 11.2. The van der Waals surface area contributed by atoms with E-state index in [0.29, 0.717) is 6.61 Å². The summed E-state index contributed by atoms with van der Waals surface area (Å²) in [5, 5.41) is 0. The largest absolute Gasteiger partial charge is 0.491 e. The van der Waals surface area contributed by atoms with Gasteiger partial charge in [-0.15, -0.1) is 0 Å². The van der Waals surface area contributed by atoms with E-state index in [0.717, 1.165) is 16.9 Å². The molecule has 19 heavy (non-hydrogen) atoms. The van der Waals surface area contributed by atoms with Crippen LogP contribution in [0.25, 0.3) is 0 Å². The van der Waals surface area contributed by atoms with Crippen LogP contribution in [0, 0.1) is 19.7 Å². The fourth-order valence-corrected chi connectivity index (χ4v) is 1.97. The Morgan fingerprint density at radius 2 is 1.95 bits per heavy atom. The molecule has 1 atom stereocenters. The van der Waals surface area contributed by atoms with Crippen LogP contribution in [-0.4, -0.2) is 6.61 Å². The van der Waals surface area contributed by atoms with E-state index in [1.807, 2.05) is 26.0 Å². The molecule has 0 amide bonds. The highest BCUT2D eigenvalue weighted by Crippen LogP contribution is 2.20. The third-order valence-electron chi connectivity index (χ3n) is 3.03. The van der Waals surface area contributed by atoms with Crippen molar-refractivity contribution in [3.63, 3.8) is 0 Å². The first kappa shape index (κ1) is 13.6. The van der Waals surface area contributed by atoms with Crippen molar-refractivity contribution >= 4 is 0 Å². The lowest BCUT2D eigenvalue weighted by atomic mass is 10.1. The zero-order valence-electron chi connectivity index (χ0n) is 11.2. The maximum absolute atomic E-state index is 13.1. The number of ether oxygens (including phenoxy) is 1. The van der Waals surface area contributed by atoms with E-state index in [2.05, 4.69) is 6.07 Å². The number of rotatable bonds is 4. The molecule has 2 rings (SSSR count). The van der Waals surface area contributed by atoms with E-state index in [4.69, 9.17) is 10.5 Å². The zero-order chi connectivity index (χ0) is 13.8. The fourth-order valence-electron chi connectivity index (χ4n) is 1.97. The van der Waals surface area contributed by atoms with E-state index in [9.17, 15) is 4.39 Å². The molecule has 2 nitrogen and oxygen atoms in total. The molecule has 0 aliphatic rings. The second kappa shape index (κ2) is 5.85. The topological polar surface area (TPSA) is 35.2 Å². The van der Waals surface area contributed by atoms with Gasteiger partial charge in [-0.2, -0.15) is 0 Å². The number of hydrogen-bond acceptors (Lipinski definition) is 2. The van der Waals surface area contributed by atoms with Crippen LogP contribution in [-0.2, 0) is 0 Å². The summed E-state index contributed by atoms with van der Waals surface area (Å²) >= 11 is 0. The summed E-state index contributed by atoms with van der Waals surface area (Å²) in [5.74, 6) is 0.539. The van der Waals surface area contributed by atoms with Gasteiger partial charge in [0, 0.05) is 0 Å². The Morgan fingerprint density at radius 3 is 2.63 bits per heavy atom. The molecule has 1 unspecified atom stereocenters. The Kier molecular flexibility index (Phi) is 4.17. The molecule has 2 aromatic rings. The Balaban J connectivity index is 2.02. The molecule has 2 aromatic carbocycles. The molecule has 0 radical (unpaired) electrons. The van der Waals surface area contributed by atoms with Crippen molar-refractivity contribution in [3.8, 4) is 5.75 Å². The summed E-state index contributed by atoms with van der Waals surface area (Å²) < 4.78 is 18.8. The Morgan fingerprint density at radius 1 is 1.16 bits per heavy atom. The molecule has 100 valence electrons. The van der Waals surface area contributed by atoms with Crippen molar-refractivity contribution < 1.29 is 9.13 Å². The van der Waals surface area contributed by atoms with Crippen molar-refractivity contribution in [2.24, 2.45) is 5.73 Å². The predicted octanol–water partition coefficient (Wildman–Crippen LogP) is 3.52. The summed E-state index contributed by atoms with van der Waals surface area (Å²) in [7, 11) is 0. The van der Waals surface area contributed by atoms with E-state index in [1.165, 1.54) is 17.7 Å². The quantitative estimate of drug-likeness (QED) is 0.911. The predicted molar refractivity (Wildman–Crippen MR) is 74.7 cm³/mol. The van der Waals surface area contributed by atoms with Gasteiger partial charge in [-0.05, 0) is 43.2 Å². The number of aryl methyl sites for hydroxylation is 2. The van der Waals surface area contributed by atoms with Crippen molar-refractivity contribution in [1.82, 2.24) is 0 Å². The van der Waals surface area contributed by atoms with Gasteiger partial charge < -0.3 is 10.5 Å². The van der Waals surface area contributed by atoms with Crippen LogP contribution < -0.4 is 10.5 Å². The summed E-state index contributed by atoms with van der Waals surface area (Å²) in [6.07, 6.45) is 0. The molecule has 0 heterocycles. The molecule has 0 spiro atoms. The number of nitrogens with two attached hydrogens (primary N) is 1. The van der Waals surface area contributed by atoms with Crippen molar-refractivity contribution in [2.75, 3.05) is 6.61 Å². The number of halogens is 1. The van der Waals surface area contributed by atoms with Crippen LogP contribution in [0.1, 0.15) is 22.7 Å². The third kappa shape index (κ3) is 3.55. The van der Waals surface area contributed by atoms with Crippen molar-refractivity contribution in [2.45, 2.75) is 19.9 Å². The van der Waals surface area contributed by atoms with E-state index in [-0.39, 0.29) is 11.9 Å². The lowest BCUT2D eigenvalue weighted by Crippen LogP contribution is -2.19. The summed E-state index contributed by atoms with van der Waals surface area (Å²) in [5.41, 5.74) is 9.01. The van der Waals surface area contributed by atoms with Gasteiger partial charge in [0.05, 0.1) is 6.04 Å². The van der Waals surface area contributed by atoms with E-state index in [1.54, 1.807) is 12.1 Å². The first-order valence-electron chi connectivity index (χ1n) is 6.27. The average molecular weight is 259 g/mol. The van der Waals surface area contributed by atoms with Gasteiger partial charge >= 0.3 is 0 Å². The first-order chi connectivity index (χ1) is 9.06. The molecule has 0 saturated carbocycles. The van der Waals surface area contributed by atoms with Crippen molar-refractivity contribution in [3.05, 3.63) is 65.0 Å². The highest BCUT2D eigenvalue weighted by atomic mass is 19.1. The molecule has 0 aliphatic carbocycles. The molecule has 2 N–H and O–H groups in total. The van der Waals surface area contributed by atoms with Crippen LogP contribution in [0.3, 0.4) is 0 Å². The van der Waals surface area contributed by atoms with Crippen LogP contribution in [0.5, 0.6) is 5.75 Å². The third-order valence-corrected chi connectivity index (χ3v) is 3.03. The minimum Gasteiger partial charge on any atom is -0.491 e. The molecule has 0 aliphatic heterocycles. The normalized spacial score (nSPS) is 12.2. The fraction of sp³-hybridized carbons (Fsp3) is 0.250. The summed E-state index contributed by atoms with van der Waals surface area (Å²) in [6.45, 7) is 4.36. The lowest BCUT2D eigenvalue weighted by molar-refractivity contribution is 0.288. The van der Waals surface area contributed by atoms with Crippen molar-refractivity contribution in [1.29, 1.82) is 0 Å². The van der Waals surface area contributed by atoms with Gasteiger partial charge in [0.2, 0.25) is 0 Å². The Hall–Kier alpha value is -1.87. The van der Waals surface area contributed by atoms with Gasteiger partial charge in [0.15, 0.2) is 0 Å². The Bertz CT molecular complexity index is 568. The van der Waals surface area contributed by atoms with Crippen LogP contribution >= 0.6 is 0 Å². The van der Waals surface area contributed by atoms with E-state index < -0.39 is 0 Å². The molecule has 0 saturated heterocycles. The van der Waals surface area contributed by atoms with Crippen LogP contribution in [0.15, 0.2) is 42.5 Å². The number of benzene rings is 2. The SMILES string of the molecule is Cc1ccc(OCC(N)c2cccc(F)c2)c(C)c1. The molecular formula is C16H18FNO. The number of hydrogen-bond donors (Lipinski definition) is 1. The first-order valence-corrected chi connectivity index (χ1v) is 6.27.